The summed E-state index contributed by atoms with van der Waals surface area (Å²) >= 11 is 1.04. The Labute approximate surface area is 137 Å². The Morgan fingerprint density at radius 2 is 1.83 bits per heavy atom. The molecule has 0 fully saturated rings. The quantitative estimate of drug-likeness (QED) is 0.644. The molecule has 0 radical (unpaired) electrons. The van der Waals surface area contributed by atoms with Crippen molar-refractivity contribution in [3.8, 4) is 5.75 Å². The molecule has 0 saturated carbocycles. The summed E-state index contributed by atoms with van der Waals surface area (Å²) in [5, 5.41) is 14.7. The van der Waals surface area contributed by atoms with E-state index in [0.29, 0.717) is 28.5 Å². The number of carboxylic acids is 1. The highest BCUT2D eigenvalue weighted by Crippen LogP contribution is 2.16. The van der Waals surface area contributed by atoms with E-state index in [1.165, 1.54) is 6.07 Å². The number of amides is 1. The van der Waals surface area contributed by atoms with Gasteiger partial charge in [-0.1, -0.05) is 0 Å². The van der Waals surface area contributed by atoms with Crippen molar-refractivity contribution in [2.75, 3.05) is 6.61 Å². The Hall–Kier alpha value is -2.67. The first-order valence-corrected chi connectivity index (χ1v) is 7.72. The molecule has 120 valence electrons. The van der Waals surface area contributed by atoms with E-state index in [9.17, 15) is 14.7 Å². The molecule has 1 heterocycles. The van der Waals surface area contributed by atoms with Gasteiger partial charge in [-0.25, -0.2) is 5.43 Å². The molecule has 1 amide bonds. The van der Waals surface area contributed by atoms with Crippen LogP contribution in [0.4, 0.5) is 0 Å². The highest BCUT2D eigenvalue weighted by Gasteiger charge is 2.07. The van der Waals surface area contributed by atoms with Gasteiger partial charge in [-0.2, -0.15) is 5.10 Å². The molecule has 0 aliphatic rings. The van der Waals surface area contributed by atoms with Gasteiger partial charge in [-0.05, 0) is 50.2 Å². The SMILES string of the molecule is CCOc1ccc(C(=O)N/N=C(/C)c2ccc(C(=O)[O-])s2)cc1. The summed E-state index contributed by atoms with van der Waals surface area (Å²) in [7, 11) is 0. The minimum atomic E-state index is -1.23. The molecule has 0 atom stereocenters. The molecule has 0 bridgehead atoms. The Bertz CT molecular complexity index is 735. The van der Waals surface area contributed by atoms with Crippen molar-refractivity contribution in [1.82, 2.24) is 5.43 Å². The summed E-state index contributed by atoms with van der Waals surface area (Å²) in [6.45, 7) is 4.13. The second-order valence-electron chi connectivity index (χ2n) is 4.55. The van der Waals surface area contributed by atoms with Crippen LogP contribution in [-0.2, 0) is 0 Å². The van der Waals surface area contributed by atoms with Crippen LogP contribution in [0.3, 0.4) is 0 Å². The number of aromatic carboxylic acids is 1. The highest BCUT2D eigenvalue weighted by molar-refractivity contribution is 7.15. The lowest BCUT2D eigenvalue weighted by Gasteiger charge is -2.04. The molecule has 0 aliphatic carbocycles. The minimum absolute atomic E-state index is 0.118. The molecule has 7 heteroatoms. The van der Waals surface area contributed by atoms with Crippen LogP contribution in [0, 0.1) is 0 Å². The van der Waals surface area contributed by atoms with Crippen LogP contribution in [0.1, 0.15) is 38.8 Å². The number of hydrogen-bond acceptors (Lipinski definition) is 6. The number of hydrazone groups is 1. The maximum atomic E-state index is 12.0. The molecule has 1 N–H and O–H groups in total. The first-order valence-electron chi connectivity index (χ1n) is 6.90. The zero-order valence-corrected chi connectivity index (χ0v) is 13.5. The van der Waals surface area contributed by atoms with Crippen LogP contribution in [0.5, 0.6) is 5.75 Å². The van der Waals surface area contributed by atoms with Crippen LogP contribution < -0.4 is 15.3 Å². The van der Waals surface area contributed by atoms with Crippen LogP contribution >= 0.6 is 11.3 Å². The molecule has 1 aromatic carbocycles. The lowest BCUT2D eigenvalue weighted by Crippen LogP contribution is -2.20. The van der Waals surface area contributed by atoms with E-state index in [4.69, 9.17) is 4.74 Å². The minimum Gasteiger partial charge on any atom is -0.544 e. The van der Waals surface area contributed by atoms with Crippen LogP contribution in [0.2, 0.25) is 0 Å². The average Bonchev–Trinajstić information content (AvgIpc) is 3.03. The predicted molar refractivity (Wildman–Crippen MR) is 85.9 cm³/mol. The second kappa shape index (κ2) is 7.55. The van der Waals surface area contributed by atoms with E-state index in [1.807, 2.05) is 6.92 Å². The average molecular weight is 331 g/mol. The largest absolute Gasteiger partial charge is 0.544 e. The van der Waals surface area contributed by atoms with E-state index in [0.717, 1.165) is 11.3 Å². The Morgan fingerprint density at radius 1 is 1.17 bits per heavy atom. The van der Waals surface area contributed by atoms with Gasteiger partial charge in [-0.3, -0.25) is 4.79 Å². The molecule has 0 aliphatic heterocycles. The van der Waals surface area contributed by atoms with Crippen LogP contribution in [0.15, 0.2) is 41.5 Å². The fourth-order valence-corrected chi connectivity index (χ4v) is 2.55. The number of rotatable bonds is 6. The molecule has 23 heavy (non-hydrogen) atoms. The van der Waals surface area contributed by atoms with E-state index in [-0.39, 0.29) is 10.8 Å². The van der Waals surface area contributed by atoms with Crippen molar-refractivity contribution in [2.24, 2.45) is 5.10 Å². The monoisotopic (exact) mass is 331 g/mol. The van der Waals surface area contributed by atoms with Gasteiger partial charge in [0.05, 0.1) is 28.0 Å². The third-order valence-corrected chi connectivity index (χ3v) is 4.09. The molecule has 0 unspecified atom stereocenters. The number of nitrogens with one attached hydrogen (secondary N) is 1. The first kappa shape index (κ1) is 16.7. The third kappa shape index (κ3) is 4.40. The summed E-state index contributed by atoms with van der Waals surface area (Å²) in [6, 6.07) is 9.77. The van der Waals surface area contributed by atoms with Gasteiger partial charge in [0, 0.05) is 5.56 Å². The summed E-state index contributed by atoms with van der Waals surface area (Å²) in [5.41, 5.74) is 3.41. The lowest BCUT2D eigenvalue weighted by molar-refractivity contribution is -0.254. The number of benzene rings is 1. The third-order valence-electron chi connectivity index (χ3n) is 2.92. The summed E-state index contributed by atoms with van der Waals surface area (Å²) in [4.78, 5) is 23.5. The molecular weight excluding hydrogens is 316 g/mol. The van der Waals surface area contributed by atoms with Crippen molar-refractivity contribution < 1.29 is 19.4 Å². The van der Waals surface area contributed by atoms with Gasteiger partial charge >= 0.3 is 0 Å². The Balaban J connectivity index is 2.02. The molecule has 2 rings (SSSR count). The van der Waals surface area contributed by atoms with Gasteiger partial charge in [-0.15, -0.1) is 11.3 Å². The zero-order valence-electron chi connectivity index (χ0n) is 12.7. The number of carbonyl (C=O) groups excluding carboxylic acids is 2. The number of hydrogen-bond donors (Lipinski definition) is 1. The molecule has 6 nitrogen and oxygen atoms in total. The Morgan fingerprint density at radius 3 is 2.39 bits per heavy atom. The van der Waals surface area contributed by atoms with Crippen molar-refractivity contribution in [3.05, 3.63) is 51.7 Å². The smallest absolute Gasteiger partial charge is 0.271 e. The van der Waals surface area contributed by atoms with Crippen molar-refractivity contribution in [3.63, 3.8) is 0 Å². The first-order chi connectivity index (χ1) is 11.0. The number of carbonyl (C=O) groups is 2. The zero-order chi connectivity index (χ0) is 16.8. The maximum Gasteiger partial charge on any atom is 0.271 e. The van der Waals surface area contributed by atoms with Crippen LogP contribution in [-0.4, -0.2) is 24.2 Å². The second-order valence-corrected chi connectivity index (χ2v) is 5.63. The molecule has 2 aromatic rings. The van der Waals surface area contributed by atoms with Crippen molar-refractivity contribution in [2.45, 2.75) is 13.8 Å². The highest BCUT2D eigenvalue weighted by atomic mass is 32.1. The molecule has 0 spiro atoms. The predicted octanol–water partition coefficient (Wildman–Crippen LogP) is 1.66. The summed E-state index contributed by atoms with van der Waals surface area (Å²) in [5.74, 6) is -0.895. The van der Waals surface area contributed by atoms with Gasteiger partial charge in [0.15, 0.2) is 0 Å². The fourth-order valence-electron chi connectivity index (χ4n) is 1.77. The number of carboxylic acid groups (broad SMARTS) is 1. The number of nitrogens with zero attached hydrogens (tertiary/aromatic N) is 1. The van der Waals surface area contributed by atoms with Gasteiger partial charge < -0.3 is 14.6 Å². The number of ether oxygens (including phenoxy) is 1. The van der Waals surface area contributed by atoms with E-state index >= 15 is 0 Å². The summed E-state index contributed by atoms with van der Waals surface area (Å²) in [6.07, 6.45) is 0. The van der Waals surface area contributed by atoms with Crippen LogP contribution in [0.25, 0.3) is 0 Å². The normalized spacial score (nSPS) is 11.1. The van der Waals surface area contributed by atoms with Gasteiger partial charge in [0.1, 0.15) is 5.75 Å². The van der Waals surface area contributed by atoms with Gasteiger partial charge in [0.25, 0.3) is 5.91 Å². The standard InChI is InChI=1S/C16H16N2O4S/c1-3-22-12-6-4-11(5-7-12)15(19)18-17-10(2)13-8-9-14(23-13)16(20)21/h4-9H,3H2,1-2H3,(H,18,19)(H,20,21)/p-1/b17-10-. The molecule has 1 aromatic heterocycles. The van der Waals surface area contributed by atoms with E-state index in [1.54, 1.807) is 37.3 Å². The fraction of sp³-hybridized carbons (Fsp3) is 0.188. The molecule has 0 saturated heterocycles. The van der Waals surface area contributed by atoms with Crippen molar-refractivity contribution >= 4 is 28.9 Å². The topological polar surface area (TPSA) is 90.8 Å². The van der Waals surface area contributed by atoms with Crippen molar-refractivity contribution in [1.29, 1.82) is 0 Å². The van der Waals surface area contributed by atoms with E-state index < -0.39 is 5.97 Å². The van der Waals surface area contributed by atoms with Gasteiger partial charge in [0.2, 0.25) is 0 Å². The molecular formula is C16H15N2O4S-. The lowest BCUT2D eigenvalue weighted by atomic mass is 10.2. The maximum absolute atomic E-state index is 12.0. The summed E-state index contributed by atoms with van der Waals surface area (Å²) < 4.78 is 5.31. The van der Waals surface area contributed by atoms with E-state index in [2.05, 4.69) is 10.5 Å². The Kier molecular flexibility index (Phi) is 5.48. The number of thiophene rings is 1.